The highest BCUT2D eigenvalue weighted by molar-refractivity contribution is 7.13. The number of halogens is 1. The lowest BCUT2D eigenvalue weighted by Gasteiger charge is -2.33. The Morgan fingerprint density at radius 2 is 2.00 bits per heavy atom. The Morgan fingerprint density at radius 1 is 1.37 bits per heavy atom. The number of hydrogen-bond acceptors (Lipinski definition) is 4. The second-order valence-corrected chi connectivity index (χ2v) is 5.78. The maximum atomic E-state index is 12.3. The smallest absolute Gasteiger partial charge is 0.317 e. The first-order chi connectivity index (χ1) is 8.99. The fourth-order valence-corrected chi connectivity index (χ4v) is 3.26. The molecule has 0 aromatic carbocycles. The molecule has 1 fully saturated rings. The maximum absolute atomic E-state index is 12.3. The highest BCUT2D eigenvalue weighted by Crippen LogP contribution is 2.28. The zero-order valence-corrected chi connectivity index (χ0v) is 12.1. The van der Waals surface area contributed by atoms with Gasteiger partial charge in [0.2, 0.25) is 0 Å². The summed E-state index contributed by atoms with van der Waals surface area (Å²) in [6, 6.07) is 0. The van der Waals surface area contributed by atoms with Crippen molar-refractivity contribution in [1.82, 2.24) is 9.80 Å². The van der Waals surface area contributed by atoms with Crippen LogP contribution in [0.5, 0.6) is 0 Å². The van der Waals surface area contributed by atoms with Crippen LogP contribution in [0, 0.1) is 6.92 Å². The third-order valence-corrected chi connectivity index (χ3v) is 4.80. The summed E-state index contributed by atoms with van der Waals surface area (Å²) in [6.07, 6.45) is 0. The van der Waals surface area contributed by atoms with E-state index in [1.165, 1.54) is 11.3 Å². The average Bonchev–Trinajstić information content (AvgIpc) is 2.69. The summed E-state index contributed by atoms with van der Waals surface area (Å²) in [5, 5.41) is 11.1. The lowest BCUT2D eigenvalue weighted by atomic mass is 10.2. The number of carbonyl (C=O) groups is 2. The topological polar surface area (TPSA) is 60.9 Å². The monoisotopic (exact) mass is 302 g/mol. The van der Waals surface area contributed by atoms with Crippen molar-refractivity contribution < 1.29 is 14.7 Å². The molecule has 1 aliphatic rings. The van der Waals surface area contributed by atoms with E-state index in [2.05, 4.69) is 0 Å². The SMILES string of the molecule is Cc1csc(C(=O)N2CCN(CC(=O)O)CC2)c1Cl. The molecule has 0 atom stereocenters. The van der Waals surface area contributed by atoms with Gasteiger partial charge in [-0.1, -0.05) is 11.6 Å². The second-order valence-electron chi connectivity index (χ2n) is 4.52. The van der Waals surface area contributed by atoms with Gasteiger partial charge in [0.25, 0.3) is 5.91 Å². The highest BCUT2D eigenvalue weighted by Gasteiger charge is 2.25. The van der Waals surface area contributed by atoms with E-state index in [0.29, 0.717) is 36.1 Å². The molecule has 0 radical (unpaired) electrons. The van der Waals surface area contributed by atoms with Crippen molar-refractivity contribution in [2.45, 2.75) is 6.92 Å². The lowest BCUT2D eigenvalue weighted by Crippen LogP contribution is -2.49. The van der Waals surface area contributed by atoms with Gasteiger partial charge in [-0.15, -0.1) is 11.3 Å². The van der Waals surface area contributed by atoms with Gasteiger partial charge in [-0.05, 0) is 17.9 Å². The molecule has 1 aliphatic heterocycles. The predicted octanol–water partition coefficient (Wildman–Crippen LogP) is 1.55. The summed E-state index contributed by atoms with van der Waals surface area (Å²) >= 11 is 7.45. The Morgan fingerprint density at radius 3 is 2.47 bits per heavy atom. The molecular weight excluding hydrogens is 288 g/mol. The van der Waals surface area contributed by atoms with E-state index in [-0.39, 0.29) is 12.5 Å². The Bertz CT molecular complexity index is 495. The van der Waals surface area contributed by atoms with E-state index in [1.54, 1.807) is 4.90 Å². The number of carboxylic acids is 1. The standard InChI is InChI=1S/C12H15ClN2O3S/c1-8-7-19-11(10(8)13)12(18)15-4-2-14(3-5-15)6-9(16)17/h7H,2-6H2,1H3,(H,16,17). The summed E-state index contributed by atoms with van der Waals surface area (Å²) in [5.41, 5.74) is 0.916. The highest BCUT2D eigenvalue weighted by atomic mass is 35.5. The molecule has 5 nitrogen and oxygen atoms in total. The quantitative estimate of drug-likeness (QED) is 0.920. The largest absolute Gasteiger partial charge is 0.480 e. The molecule has 19 heavy (non-hydrogen) atoms. The Kier molecular flexibility index (Phi) is 4.44. The summed E-state index contributed by atoms with van der Waals surface area (Å²) in [5.74, 6) is -0.894. The van der Waals surface area contributed by atoms with Gasteiger partial charge in [0.15, 0.2) is 0 Å². The number of hydrogen-bond donors (Lipinski definition) is 1. The van der Waals surface area contributed by atoms with Crippen molar-refractivity contribution in [3.63, 3.8) is 0 Å². The van der Waals surface area contributed by atoms with Crippen LogP contribution in [0.15, 0.2) is 5.38 Å². The molecule has 2 heterocycles. The number of aryl methyl sites for hydroxylation is 1. The summed E-state index contributed by atoms with van der Waals surface area (Å²) in [6.45, 7) is 4.15. The number of nitrogens with zero attached hydrogens (tertiary/aromatic N) is 2. The van der Waals surface area contributed by atoms with Gasteiger partial charge >= 0.3 is 5.97 Å². The molecule has 1 N–H and O–H groups in total. The average molecular weight is 303 g/mol. The predicted molar refractivity (Wildman–Crippen MR) is 74.0 cm³/mol. The molecule has 1 aromatic rings. The Balaban J connectivity index is 1.96. The van der Waals surface area contributed by atoms with Crippen LogP contribution in [-0.4, -0.2) is 59.5 Å². The van der Waals surface area contributed by atoms with E-state index in [0.717, 1.165) is 5.56 Å². The van der Waals surface area contributed by atoms with E-state index in [4.69, 9.17) is 16.7 Å². The van der Waals surface area contributed by atoms with Crippen molar-refractivity contribution >= 4 is 34.8 Å². The van der Waals surface area contributed by atoms with E-state index in [1.807, 2.05) is 17.2 Å². The minimum Gasteiger partial charge on any atom is -0.480 e. The van der Waals surface area contributed by atoms with Gasteiger partial charge in [-0.2, -0.15) is 0 Å². The molecule has 2 rings (SSSR count). The van der Waals surface area contributed by atoms with Crippen molar-refractivity contribution in [3.8, 4) is 0 Å². The summed E-state index contributed by atoms with van der Waals surface area (Å²) < 4.78 is 0. The number of aliphatic carboxylic acids is 1. The maximum Gasteiger partial charge on any atom is 0.317 e. The third-order valence-electron chi connectivity index (χ3n) is 3.11. The normalized spacial score (nSPS) is 16.6. The first kappa shape index (κ1) is 14.3. The van der Waals surface area contributed by atoms with Gasteiger partial charge in [0.05, 0.1) is 11.6 Å². The second kappa shape index (κ2) is 5.90. The number of thiophene rings is 1. The van der Waals surface area contributed by atoms with Crippen molar-refractivity contribution in [3.05, 3.63) is 20.8 Å². The number of piperazine rings is 1. The molecular formula is C12H15ClN2O3S. The van der Waals surface area contributed by atoms with Gasteiger partial charge < -0.3 is 10.0 Å². The number of carbonyl (C=O) groups excluding carboxylic acids is 1. The van der Waals surface area contributed by atoms with Gasteiger partial charge in [0, 0.05) is 26.2 Å². The first-order valence-electron chi connectivity index (χ1n) is 5.96. The fourth-order valence-electron chi connectivity index (χ4n) is 2.02. The summed E-state index contributed by atoms with van der Waals surface area (Å²) in [7, 11) is 0. The van der Waals surface area contributed by atoms with Crippen LogP contribution in [0.2, 0.25) is 5.02 Å². The number of amides is 1. The molecule has 1 amide bonds. The van der Waals surface area contributed by atoms with Crippen LogP contribution >= 0.6 is 22.9 Å². The Hall–Kier alpha value is -1.11. The lowest BCUT2D eigenvalue weighted by molar-refractivity contribution is -0.138. The molecule has 0 spiro atoms. The van der Waals surface area contributed by atoms with Crippen LogP contribution in [0.4, 0.5) is 0 Å². The molecule has 0 saturated carbocycles. The Labute approximate surface area is 120 Å². The van der Waals surface area contributed by atoms with Crippen molar-refractivity contribution in [2.75, 3.05) is 32.7 Å². The molecule has 0 bridgehead atoms. The number of carboxylic acid groups (broad SMARTS) is 1. The molecule has 0 unspecified atom stereocenters. The zero-order chi connectivity index (χ0) is 14.0. The van der Waals surface area contributed by atoms with Crippen molar-refractivity contribution in [1.29, 1.82) is 0 Å². The molecule has 7 heteroatoms. The van der Waals surface area contributed by atoms with Crippen LogP contribution < -0.4 is 0 Å². The minimum atomic E-state index is -0.836. The molecule has 104 valence electrons. The van der Waals surface area contributed by atoms with Crippen LogP contribution in [0.1, 0.15) is 15.2 Å². The van der Waals surface area contributed by atoms with Gasteiger partial charge in [0.1, 0.15) is 4.88 Å². The van der Waals surface area contributed by atoms with Crippen molar-refractivity contribution in [2.24, 2.45) is 0 Å². The third kappa shape index (κ3) is 3.26. The van der Waals surface area contributed by atoms with Gasteiger partial charge in [-0.3, -0.25) is 14.5 Å². The van der Waals surface area contributed by atoms with E-state index in [9.17, 15) is 9.59 Å². The minimum absolute atomic E-state index is 0.0287. The summed E-state index contributed by atoms with van der Waals surface area (Å²) in [4.78, 5) is 27.0. The fraction of sp³-hybridized carbons (Fsp3) is 0.500. The van der Waals surface area contributed by atoms with Crippen LogP contribution in [-0.2, 0) is 4.79 Å². The molecule has 1 saturated heterocycles. The molecule has 0 aliphatic carbocycles. The number of rotatable bonds is 3. The van der Waals surface area contributed by atoms with Crippen LogP contribution in [0.25, 0.3) is 0 Å². The molecule has 1 aromatic heterocycles. The van der Waals surface area contributed by atoms with E-state index < -0.39 is 5.97 Å². The van der Waals surface area contributed by atoms with E-state index >= 15 is 0 Å². The van der Waals surface area contributed by atoms with Gasteiger partial charge in [-0.25, -0.2) is 0 Å². The van der Waals surface area contributed by atoms with Crippen LogP contribution in [0.3, 0.4) is 0 Å². The zero-order valence-electron chi connectivity index (χ0n) is 10.6. The first-order valence-corrected chi connectivity index (χ1v) is 7.22.